The summed E-state index contributed by atoms with van der Waals surface area (Å²) < 4.78 is 4.87. The van der Waals surface area contributed by atoms with Gasteiger partial charge in [0.25, 0.3) is 0 Å². The van der Waals surface area contributed by atoms with Crippen molar-refractivity contribution in [3.63, 3.8) is 0 Å². The number of nitrogens with zero attached hydrogens (tertiary/aromatic N) is 3. The molecule has 2 aliphatic carbocycles. The van der Waals surface area contributed by atoms with Crippen LogP contribution in [0.4, 0.5) is 0 Å². The topological polar surface area (TPSA) is 22.8 Å². The molecular formula is C49H35N3. The number of aromatic nitrogens is 3. The Bertz CT molecular complexity index is 2930. The molecule has 3 heterocycles. The van der Waals surface area contributed by atoms with Crippen molar-refractivity contribution in [1.29, 1.82) is 0 Å². The Kier molecular flexibility index (Phi) is 6.35. The molecule has 0 amide bonds. The van der Waals surface area contributed by atoms with Gasteiger partial charge in [0.2, 0.25) is 0 Å². The van der Waals surface area contributed by atoms with Gasteiger partial charge in [0.05, 0.1) is 33.5 Å². The second-order valence-electron chi connectivity index (χ2n) is 14.5. The fraction of sp³-hybridized carbons (Fsp3) is 0.0816. The monoisotopic (exact) mass is 665 g/mol. The van der Waals surface area contributed by atoms with Crippen molar-refractivity contribution in [3.05, 3.63) is 175 Å². The molecule has 0 aliphatic heterocycles. The van der Waals surface area contributed by atoms with Crippen LogP contribution in [0.2, 0.25) is 0 Å². The summed E-state index contributed by atoms with van der Waals surface area (Å²) >= 11 is 0. The van der Waals surface area contributed by atoms with E-state index in [9.17, 15) is 0 Å². The van der Waals surface area contributed by atoms with Gasteiger partial charge in [-0.1, -0.05) is 115 Å². The Balaban J connectivity index is 1.02. The van der Waals surface area contributed by atoms with Crippen LogP contribution in [0.25, 0.3) is 88.6 Å². The van der Waals surface area contributed by atoms with E-state index in [-0.39, 0.29) is 0 Å². The summed E-state index contributed by atoms with van der Waals surface area (Å²) in [5.74, 6) is 1.43. The molecule has 6 aromatic carbocycles. The number of aryl methyl sites for hydroxylation is 1. The molecule has 1 saturated carbocycles. The number of allylic oxidation sites excluding steroid dienone is 4. The van der Waals surface area contributed by atoms with Crippen LogP contribution in [0.15, 0.2) is 170 Å². The molecule has 1 fully saturated rings. The molecule has 2 atom stereocenters. The van der Waals surface area contributed by atoms with E-state index in [0.29, 0.717) is 5.92 Å². The first-order chi connectivity index (χ1) is 25.7. The number of rotatable bonds is 5. The second-order valence-corrected chi connectivity index (χ2v) is 14.5. The van der Waals surface area contributed by atoms with Gasteiger partial charge in [-0.3, -0.25) is 0 Å². The highest BCUT2D eigenvalue weighted by molar-refractivity contribution is 6.13. The van der Waals surface area contributed by atoms with Crippen LogP contribution in [0.3, 0.4) is 0 Å². The average Bonchev–Trinajstić information content (AvgIpc) is 3.81. The SMILES string of the molecule is Cc1ccc(-c2cccc(-c3ccc(-n4c5ccccc5c5ccc(-c6ccc7c(c6)c6ccccc6n7C6=CC7CC7C=C6)cc54)cc3)n2)cc1. The smallest absolute Gasteiger partial charge is 0.0709 e. The Hall–Kier alpha value is -6.45. The van der Waals surface area contributed by atoms with Gasteiger partial charge in [0.1, 0.15) is 0 Å². The van der Waals surface area contributed by atoms with Crippen LogP contribution in [0, 0.1) is 18.8 Å². The zero-order chi connectivity index (χ0) is 34.3. The molecule has 11 rings (SSSR count). The van der Waals surface area contributed by atoms with Crippen molar-refractivity contribution < 1.29 is 0 Å². The van der Waals surface area contributed by atoms with Gasteiger partial charge in [0, 0.05) is 44.1 Å². The molecule has 52 heavy (non-hydrogen) atoms. The summed E-state index contributed by atoms with van der Waals surface area (Å²) in [6.45, 7) is 2.11. The first-order valence-corrected chi connectivity index (χ1v) is 18.3. The molecular weight excluding hydrogens is 631 g/mol. The lowest BCUT2D eigenvalue weighted by atomic mass is 10.0. The Morgan fingerprint density at radius 2 is 1.08 bits per heavy atom. The molecule has 3 aromatic heterocycles. The average molecular weight is 666 g/mol. The number of pyridine rings is 1. The number of hydrogen-bond donors (Lipinski definition) is 0. The lowest BCUT2D eigenvalue weighted by Gasteiger charge is -2.12. The maximum atomic E-state index is 5.04. The number of fused-ring (bicyclic) bond motifs is 7. The first kappa shape index (κ1) is 29.3. The summed E-state index contributed by atoms with van der Waals surface area (Å²) in [5.41, 5.74) is 15.2. The van der Waals surface area contributed by atoms with Crippen LogP contribution >= 0.6 is 0 Å². The van der Waals surface area contributed by atoms with Crippen molar-refractivity contribution in [2.45, 2.75) is 13.3 Å². The predicted octanol–water partition coefficient (Wildman–Crippen LogP) is 12.6. The molecule has 0 spiro atoms. The standard InChI is InChI=1S/C49H35N3/c1-31-13-15-32(16-14-31)44-9-6-10-45(50-44)33-17-22-38(23-18-33)51-46-11-4-2-7-40(46)42-25-20-36(30-49(42)51)35-21-26-48-43(29-35)41-8-3-5-12-47(41)52(48)39-24-19-34-27-37(34)28-39/h2-26,28-30,34,37H,27H2,1H3. The highest BCUT2D eigenvalue weighted by Crippen LogP contribution is 2.46. The van der Waals surface area contributed by atoms with Gasteiger partial charge in [-0.05, 0) is 97.0 Å². The third-order valence-corrected chi connectivity index (χ3v) is 11.2. The minimum Gasteiger partial charge on any atom is -0.310 e. The molecule has 9 aromatic rings. The zero-order valence-electron chi connectivity index (χ0n) is 28.9. The quantitative estimate of drug-likeness (QED) is 0.179. The lowest BCUT2D eigenvalue weighted by molar-refractivity contribution is 0.969. The second kappa shape index (κ2) is 11.3. The molecule has 0 N–H and O–H groups in total. The maximum Gasteiger partial charge on any atom is 0.0709 e. The van der Waals surface area contributed by atoms with E-state index in [4.69, 9.17) is 4.98 Å². The Labute approximate surface area is 302 Å². The van der Waals surface area contributed by atoms with E-state index < -0.39 is 0 Å². The van der Waals surface area contributed by atoms with Gasteiger partial charge in [0.15, 0.2) is 0 Å². The fourth-order valence-electron chi connectivity index (χ4n) is 8.42. The van der Waals surface area contributed by atoms with Gasteiger partial charge in [-0.2, -0.15) is 0 Å². The Morgan fingerprint density at radius 3 is 1.83 bits per heavy atom. The van der Waals surface area contributed by atoms with Gasteiger partial charge >= 0.3 is 0 Å². The summed E-state index contributed by atoms with van der Waals surface area (Å²) in [6.07, 6.45) is 8.48. The molecule has 0 saturated heterocycles. The van der Waals surface area contributed by atoms with E-state index in [1.54, 1.807) is 0 Å². The van der Waals surface area contributed by atoms with Crippen LogP contribution in [0.1, 0.15) is 12.0 Å². The van der Waals surface area contributed by atoms with Crippen LogP contribution in [-0.2, 0) is 0 Å². The fourth-order valence-corrected chi connectivity index (χ4v) is 8.42. The van der Waals surface area contributed by atoms with E-state index in [0.717, 1.165) is 34.1 Å². The first-order valence-electron chi connectivity index (χ1n) is 18.3. The molecule has 0 bridgehead atoms. The summed E-state index contributed by atoms with van der Waals surface area (Å²) in [4.78, 5) is 5.04. The Morgan fingerprint density at radius 1 is 0.481 bits per heavy atom. The highest BCUT2D eigenvalue weighted by atomic mass is 15.0. The molecule has 2 aliphatic rings. The third kappa shape index (κ3) is 4.63. The van der Waals surface area contributed by atoms with Crippen molar-refractivity contribution in [2.24, 2.45) is 11.8 Å². The summed E-state index contributed by atoms with van der Waals surface area (Å²) in [6, 6.07) is 55.3. The normalized spacial score (nSPS) is 16.5. The largest absolute Gasteiger partial charge is 0.310 e. The van der Waals surface area contributed by atoms with Crippen molar-refractivity contribution >= 4 is 49.3 Å². The minimum atomic E-state index is 0.692. The maximum absolute atomic E-state index is 5.04. The van der Waals surface area contributed by atoms with E-state index >= 15 is 0 Å². The van der Waals surface area contributed by atoms with Crippen LogP contribution in [-0.4, -0.2) is 14.1 Å². The summed E-state index contributed by atoms with van der Waals surface area (Å²) in [7, 11) is 0. The predicted molar refractivity (Wildman–Crippen MR) is 218 cm³/mol. The molecule has 3 nitrogen and oxygen atoms in total. The van der Waals surface area contributed by atoms with Gasteiger partial charge < -0.3 is 9.13 Å². The lowest BCUT2D eigenvalue weighted by Crippen LogP contribution is -1.98. The van der Waals surface area contributed by atoms with Crippen LogP contribution < -0.4 is 0 Å². The van der Waals surface area contributed by atoms with Crippen molar-refractivity contribution in [2.75, 3.05) is 0 Å². The third-order valence-electron chi connectivity index (χ3n) is 11.2. The van der Waals surface area contributed by atoms with Gasteiger partial charge in [-0.15, -0.1) is 0 Å². The molecule has 3 heteroatoms. The minimum absolute atomic E-state index is 0.692. The van der Waals surface area contributed by atoms with Crippen molar-refractivity contribution in [3.8, 4) is 39.3 Å². The highest BCUT2D eigenvalue weighted by Gasteiger charge is 2.35. The number of para-hydroxylation sites is 2. The number of hydrogen-bond acceptors (Lipinski definition) is 1. The van der Waals surface area contributed by atoms with E-state index in [1.807, 2.05) is 0 Å². The summed E-state index contributed by atoms with van der Waals surface area (Å²) in [5, 5.41) is 5.09. The van der Waals surface area contributed by atoms with Crippen LogP contribution in [0.5, 0.6) is 0 Å². The number of benzene rings is 6. The zero-order valence-corrected chi connectivity index (χ0v) is 28.9. The van der Waals surface area contributed by atoms with E-state index in [1.165, 1.54) is 72.4 Å². The van der Waals surface area contributed by atoms with Crippen molar-refractivity contribution in [1.82, 2.24) is 14.1 Å². The van der Waals surface area contributed by atoms with Gasteiger partial charge in [-0.25, -0.2) is 4.98 Å². The molecule has 246 valence electrons. The van der Waals surface area contributed by atoms with E-state index in [2.05, 4.69) is 186 Å². The molecule has 0 radical (unpaired) electrons. The molecule has 2 unspecified atom stereocenters.